The summed E-state index contributed by atoms with van der Waals surface area (Å²) in [6.45, 7) is 4.21. The number of carbonyl (C=O) groups is 2. The molecule has 1 aromatic rings. The number of nitrogens with one attached hydrogen (secondary N) is 1. The summed E-state index contributed by atoms with van der Waals surface area (Å²) in [7, 11) is 0. The maximum absolute atomic E-state index is 12.8. The van der Waals surface area contributed by atoms with Crippen LogP contribution in [-0.4, -0.2) is 49.4 Å². The summed E-state index contributed by atoms with van der Waals surface area (Å²) >= 11 is 3.49. The van der Waals surface area contributed by atoms with Crippen LogP contribution < -0.4 is 10.2 Å². The Morgan fingerprint density at radius 3 is 2.57 bits per heavy atom. The molecule has 0 radical (unpaired) electrons. The molecule has 0 aliphatic carbocycles. The van der Waals surface area contributed by atoms with Crippen LogP contribution in [0, 0.1) is 17.8 Å². The monoisotopic (exact) mass is 377 g/mol. The van der Waals surface area contributed by atoms with Crippen molar-refractivity contribution in [3.8, 4) is 0 Å². The Labute approximate surface area is 144 Å². The van der Waals surface area contributed by atoms with Gasteiger partial charge in [-0.3, -0.25) is 9.59 Å². The van der Waals surface area contributed by atoms with E-state index in [4.69, 9.17) is 0 Å². The molecule has 1 unspecified atom stereocenters. The Balaban J connectivity index is 1.48. The van der Waals surface area contributed by atoms with Gasteiger partial charge in [0, 0.05) is 37.2 Å². The fourth-order valence-electron chi connectivity index (χ4n) is 4.07. The first-order valence-electron chi connectivity index (χ1n) is 8.20. The zero-order chi connectivity index (χ0) is 16.0. The number of amides is 2. The Morgan fingerprint density at radius 2 is 1.87 bits per heavy atom. The van der Waals surface area contributed by atoms with Crippen molar-refractivity contribution in [2.75, 3.05) is 37.6 Å². The lowest BCUT2D eigenvalue weighted by atomic mass is 10.0. The number of fused-ring (bicyclic) bond motifs is 1. The van der Waals surface area contributed by atoms with Crippen molar-refractivity contribution in [3.05, 3.63) is 28.7 Å². The highest BCUT2D eigenvalue weighted by Gasteiger charge is 2.44. The lowest BCUT2D eigenvalue weighted by molar-refractivity contribution is -0.139. The highest BCUT2D eigenvalue weighted by atomic mass is 79.9. The summed E-state index contributed by atoms with van der Waals surface area (Å²) in [6, 6.07) is 7.68. The summed E-state index contributed by atoms with van der Waals surface area (Å²) in [5, 5.41) is 3.38. The van der Waals surface area contributed by atoms with E-state index in [-0.39, 0.29) is 11.8 Å². The van der Waals surface area contributed by atoms with Gasteiger partial charge in [0.15, 0.2) is 0 Å². The van der Waals surface area contributed by atoms with Crippen LogP contribution in [0.5, 0.6) is 0 Å². The lowest BCUT2D eigenvalue weighted by Gasteiger charge is -2.22. The number of nitrogens with zero attached hydrogens (tertiary/aromatic N) is 2. The average molecular weight is 378 g/mol. The zero-order valence-corrected chi connectivity index (χ0v) is 14.5. The SMILES string of the molecule is O=C(C1CCN(c2ccccc2Br)C1=O)N1C[C@H]2CNC[C@H]2C1. The largest absolute Gasteiger partial charge is 0.341 e. The topological polar surface area (TPSA) is 52.7 Å². The second kappa shape index (κ2) is 5.91. The molecule has 3 aliphatic rings. The molecule has 2 amide bonds. The fourth-order valence-corrected chi connectivity index (χ4v) is 4.57. The van der Waals surface area contributed by atoms with Gasteiger partial charge >= 0.3 is 0 Å². The molecule has 4 rings (SSSR count). The van der Waals surface area contributed by atoms with E-state index in [0.29, 0.717) is 24.8 Å². The first-order valence-corrected chi connectivity index (χ1v) is 9.00. The summed E-state index contributed by atoms with van der Waals surface area (Å²) in [6.07, 6.45) is 0.614. The third-order valence-corrected chi connectivity index (χ3v) is 6.02. The first kappa shape index (κ1) is 15.1. The number of para-hydroxylation sites is 1. The number of hydrogen-bond acceptors (Lipinski definition) is 3. The summed E-state index contributed by atoms with van der Waals surface area (Å²) in [5.74, 6) is 0.592. The van der Waals surface area contributed by atoms with Gasteiger partial charge in [-0.1, -0.05) is 12.1 Å². The number of rotatable bonds is 2. The molecule has 0 aromatic heterocycles. The smallest absolute Gasteiger partial charge is 0.239 e. The molecule has 0 saturated carbocycles. The van der Waals surface area contributed by atoms with Gasteiger partial charge in [-0.25, -0.2) is 0 Å². The molecule has 0 bridgehead atoms. The van der Waals surface area contributed by atoms with Crippen LogP contribution in [0.1, 0.15) is 6.42 Å². The number of halogens is 1. The van der Waals surface area contributed by atoms with Crippen molar-refractivity contribution in [2.24, 2.45) is 17.8 Å². The van der Waals surface area contributed by atoms with E-state index in [1.807, 2.05) is 29.2 Å². The van der Waals surface area contributed by atoms with Gasteiger partial charge in [-0.2, -0.15) is 0 Å². The van der Waals surface area contributed by atoms with Gasteiger partial charge in [-0.05, 0) is 46.3 Å². The molecule has 3 fully saturated rings. The molecule has 5 nitrogen and oxygen atoms in total. The Kier molecular flexibility index (Phi) is 3.89. The summed E-state index contributed by atoms with van der Waals surface area (Å²) in [4.78, 5) is 29.2. The van der Waals surface area contributed by atoms with E-state index < -0.39 is 5.92 Å². The Morgan fingerprint density at radius 1 is 1.17 bits per heavy atom. The molecule has 1 N–H and O–H groups in total. The van der Waals surface area contributed by atoms with Crippen molar-refractivity contribution >= 4 is 33.4 Å². The van der Waals surface area contributed by atoms with Crippen LogP contribution in [0.15, 0.2) is 28.7 Å². The van der Waals surface area contributed by atoms with Crippen molar-refractivity contribution < 1.29 is 9.59 Å². The van der Waals surface area contributed by atoms with Crippen LogP contribution in [0.25, 0.3) is 0 Å². The Hall–Kier alpha value is -1.40. The fraction of sp³-hybridized carbons (Fsp3) is 0.529. The van der Waals surface area contributed by atoms with Gasteiger partial charge in [-0.15, -0.1) is 0 Å². The van der Waals surface area contributed by atoms with Gasteiger partial charge in [0.1, 0.15) is 5.92 Å². The van der Waals surface area contributed by atoms with E-state index in [0.717, 1.165) is 36.3 Å². The maximum Gasteiger partial charge on any atom is 0.239 e. The first-order chi connectivity index (χ1) is 11.1. The molecule has 3 saturated heterocycles. The minimum absolute atomic E-state index is 0.0268. The molecular weight excluding hydrogens is 358 g/mol. The zero-order valence-electron chi connectivity index (χ0n) is 12.9. The third kappa shape index (κ3) is 2.58. The number of anilines is 1. The van der Waals surface area contributed by atoms with Gasteiger partial charge in [0.2, 0.25) is 11.8 Å². The van der Waals surface area contributed by atoms with Crippen LogP contribution in [0.4, 0.5) is 5.69 Å². The van der Waals surface area contributed by atoms with Crippen molar-refractivity contribution in [1.82, 2.24) is 10.2 Å². The van der Waals surface area contributed by atoms with Crippen LogP contribution in [-0.2, 0) is 9.59 Å². The third-order valence-electron chi connectivity index (χ3n) is 5.35. The van der Waals surface area contributed by atoms with Crippen LogP contribution >= 0.6 is 15.9 Å². The van der Waals surface area contributed by atoms with E-state index in [9.17, 15) is 9.59 Å². The van der Waals surface area contributed by atoms with Gasteiger partial charge < -0.3 is 15.1 Å². The number of likely N-dealkylation sites (tertiary alicyclic amines) is 1. The second-order valence-corrected chi connectivity index (χ2v) is 7.56. The highest BCUT2D eigenvalue weighted by molar-refractivity contribution is 9.10. The van der Waals surface area contributed by atoms with Crippen molar-refractivity contribution in [1.29, 1.82) is 0 Å². The summed E-state index contributed by atoms with van der Waals surface area (Å²) in [5.41, 5.74) is 0.857. The summed E-state index contributed by atoms with van der Waals surface area (Å²) < 4.78 is 0.892. The second-order valence-electron chi connectivity index (χ2n) is 6.70. The normalized spacial score (nSPS) is 30.1. The molecule has 1 aromatic carbocycles. The highest BCUT2D eigenvalue weighted by Crippen LogP contribution is 2.34. The van der Waals surface area contributed by atoms with E-state index in [1.165, 1.54) is 0 Å². The number of carbonyl (C=O) groups excluding carboxylic acids is 2. The van der Waals surface area contributed by atoms with Crippen LogP contribution in [0.3, 0.4) is 0 Å². The molecule has 23 heavy (non-hydrogen) atoms. The number of benzene rings is 1. The molecule has 3 heterocycles. The van der Waals surface area contributed by atoms with E-state index in [2.05, 4.69) is 21.2 Å². The lowest BCUT2D eigenvalue weighted by Crippen LogP contribution is -2.40. The molecule has 3 aliphatic heterocycles. The van der Waals surface area contributed by atoms with Crippen LogP contribution in [0.2, 0.25) is 0 Å². The minimum Gasteiger partial charge on any atom is -0.341 e. The minimum atomic E-state index is -0.506. The quantitative estimate of drug-likeness (QED) is 0.794. The molecule has 6 heteroatoms. The van der Waals surface area contributed by atoms with E-state index >= 15 is 0 Å². The van der Waals surface area contributed by atoms with Crippen molar-refractivity contribution in [2.45, 2.75) is 6.42 Å². The van der Waals surface area contributed by atoms with Gasteiger partial charge in [0.25, 0.3) is 0 Å². The molecule has 3 atom stereocenters. The van der Waals surface area contributed by atoms with E-state index in [1.54, 1.807) is 4.90 Å². The maximum atomic E-state index is 12.8. The Bertz CT molecular complexity index is 638. The average Bonchev–Trinajstić information content (AvgIpc) is 3.21. The van der Waals surface area contributed by atoms with Gasteiger partial charge in [0.05, 0.1) is 5.69 Å². The molecule has 122 valence electrons. The predicted octanol–water partition coefficient (Wildman–Crippen LogP) is 1.48. The standard InChI is InChI=1S/C17H20BrN3O2/c18-14-3-1-2-4-15(14)21-6-5-13(17(21)23)16(22)20-9-11-7-19-8-12(11)10-20/h1-4,11-13,19H,5-10H2/t11-,12+,13?. The molecule has 0 spiro atoms. The van der Waals surface area contributed by atoms with Crippen molar-refractivity contribution in [3.63, 3.8) is 0 Å². The predicted molar refractivity (Wildman–Crippen MR) is 91.0 cm³/mol. The number of hydrogen-bond donors (Lipinski definition) is 1. The molecular formula is C17H20BrN3O2.